The van der Waals surface area contributed by atoms with Crippen molar-refractivity contribution in [2.45, 2.75) is 12.5 Å². The fraction of sp³-hybridized carbons (Fsp3) is 0.133. The second-order valence-electron chi connectivity index (χ2n) is 4.69. The Bertz CT molecular complexity index is 678. The molecule has 2 aromatic rings. The van der Waals surface area contributed by atoms with Gasteiger partial charge in [-0.15, -0.1) is 0 Å². The van der Waals surface area contributed by atoms with Gasteiger partial charge in [0.15, 0.2) is 5.54 Å². The number of hydrogen-bond acceptors (Lipinski definition) is 2. The summed E-state index contributed by atoms with van der Waals surface area (Å²) < 4.78 is 14.7. The van der Waals surface area contributed by atoms with Gasteiger partial charge in [-0.25, -0.2) is 9.18 Å². The van der Waals surface area contributed by atoms with Crippen molar-refractivity contribution in [3.05, 3.63) is 63.3 Å². The van der Waals surface area contributed by atoms with Crippen molar-refractivity contribution in [3.8, 4) is 0 Å². The van der Waals surface area contributed by atoms with Gasteiger partial charge in [0.2, 0.25) is 0 Å². The summed E-state index contributed by atoms with van der Waals surface area (Å²) in [5.74, 6) is -1.78. The van der Waals surface area contributed by atoms with Crippen LogP contribution in [0.3, 0.4) is 0 Å². The fourth-order valence-corrected chi connectivity index (χ4v) is 2.41. The first-order chi connectivity index (χ1) is 9.83. The lowest BCUT2D eigenvalue weighted by Gasteiger charge is -2.28. The van der Waals surface area contributed by atoms with Crippen molar-refractivity contribution in [2.24, 2.45) is 0 Å². The van der Waals surface area contributed by atoms with Crippen molar-refractivity contribution in [2.75, 3.05) is 5.32 Å². The summed E-state index contributed by atoms with van der Waals surface area (Å²) in [6.07, 6.45) is 0. The van der Waals surface area contributed by atoms with Gasteiger partial charge in [0.05, 0.1) is 0 Å². The molecular weight excluding hydrogens is 361 g/mol. The van der Waals surface area contributed by atoms with E-state index in [-0.39, 0.29) is 5.56 Å². The van der Waals surface area contributed by atoms with Crippen LogP contribution < -0.4 is 5.32 Å². The van der Waals surface area contributed by atoms with E-state index in [0.29, 0.717) is 15.2 Å². The molecule has 21 heavy (non-hydrogen) atoms. The molecule has 0 saturated carbocycles. The molecule has 0 amide bonds. The summed E-state index contributed by atoms with van der Waals surface area (Å²) in [4.78, 5) is 11.7. The molecule has 0 fully saturated rings. The summed E-state index contributed by atoms with van der Waals surface area (Å²) in [6, 6.07) is 10.8. The summed E-state index contributed by atoms with van der Waals surface area (Å²) in [5.41, 5.74) is -1.02. The van der Waals surface area contributed by atoms with Crippen LogP contribution in [-0.2, 0) is 10.3 Å². The van der Waals surface area contributed by atoms with E-state index < -0.39 is 17.3 Å². The molecule has 1 atom stereocenters. The van der Waals surface area contributed by atoms with E-state index in [4.69, 9.17) is 11.6 Å². The number of hydrogen-bond donors (Lipinski definition) is 2. The zero-order valence-electron chi connectivity index (χ0n) is 11.0. The van der Waals surface area contributed by atoms with Gasteiger partial charge in [-0.3, -0.25) is 0 Å². The number of carbonyl (C=O) groups is 1. The molecule has 2 N–H and O–H groups in total. The Hall–Kier alpha value is -1.59. The standard InChI is InChI=1S/C15H12BrClFNO2/c1-15(14(20)21,12-7-2-9(16)8-13(12)18)19-11-5-3-10(17)4-6-11/h2-8,19H,1H3,(H,20,21). The third kappa shape index (κ3) is 3.36. The minimum absolute atomic E-state index is 0.0492. The van der Waals surface area contributed by atoms with Crippen LogP contribution in [-0.4, -0.2) is 11.1 Å². The van der Waals surface area contributed by atoms with Crippen LogP contribution in [0.4, 0.5) is 10.1 Å². The third-order valence-electron chi connectivity index (χ3n) is 3.14. The van der Waals surface area contributed by atoms with Crippen molar-refractivity contribution >= 4 is 39.2 Å². The first-order valence-corrected chi connectivity index (χ1v) is 7.23. The highest BCUT2D eigenvalue weighted by molar-refractivity contribution is 9.10. The predicted molar refractivity (Wildman–Crippen MR) is 84.2 cm³/mol. The summed E-state index contributed by atoms with van der Waals surface area (Å²) in [7, 11) is 0. The minimum Gasteiger partial charge on any atom is -0.479 e. The van der Waals surface area contributed by atoms with Crippen LogP contribution in [0, 0.1) is 5.82 Å². The van der Waals surface area contributed by atoms with E-state index in [2.05, 4.69) is 21.2 Å². The van der Waals surface area contributed by atoms with Gasteiger partial charge >= 0.3 is 5.97 Å². The third-order valence-corrected chi connectivity index (χ3v) is 3.88. The Morgan fingerprint density at radius 2 is 1.90 bits per heavy atom. The quantitative estimate of drug-likeness (QED) is 0.821. The Balaban J connectivity index is 2.45. The molecule has 0 radical (unpaired) electrons. The van der Waals surface area contributed by atoms with Crippen LogP contribution in [0.15, 0.2) is 46.9 Å². The number of benzene rings is 2. The van der Waals surface area contributed by atoms with Crippen LogP contribution in [0.25, 0.3) is 0 Å². The smallest absolute Gasteiger partial charge is 0.333 e. The first kappa shape index (κ1) is 15.8. The highest BCUT2D eigenvalue weighted by Gasteiger charge is 2.37. The monoisotopic (exact) mass is 371 g/mol. The summed E-state index contributed by atoms with van der Waals surface area (Å²) in [6.45, 7) is 1.41. The molecule has 1 unspecified atom stereocenters. The molecule has 0 aliphatic rings. The number of carboxylic acid groups (broad SMARTS) is 1. The fourth-order valence-electron chi connectivity index (χ4n) is 1.95. The lowest BCUT2D eigenvalue weighted by Crippen LogP contribution is -2.41. The van der Waals surface area contributed by atoms with Gasteiger partial charge < -0.3 is 10.4 Å². The Morgan fingerprint density at radius 3 is 2.43 bits per heavy atom. The van der Waals surface area contributed by atoms with E-state index in [1.807, 2.05) is 0 Å². The minimum atomic E-state index is -1.60. The SMILES string of the molecule is CC(Nc1ccc(Cl)cc1)(C(=O)O)c1ccc(Br)cc1F. The summed E-state index contributed by atoms with van der Waals surface area (Å²) >= 11 is 8.95. The highest BCUT2D eigenvalue weighted by atomic mass is 79.9. The number of carboxylic acids is 1. The second kappa shape index (κ2) is 6.03. The number of halogens is 3. The maximum absolute atomic E-state index is 14.1. The molecule has 0 bridgehead atoms. The Kier molecular flexibility index (Phi) is 4.54. The summed E-state index contributed by atoms with van der Waals surface area (Å²) in [5, 5.41) is 12.9. The molecule has 110 valence electrons. The van der Waals surface area contributed by atoms with E-state index in [1.54, 1.807) is 30.3 Å². The van der Waals surface area contributed by atoms with E-state index in [1.165, 1.54) is 19.1 Å². The molecule has 0 heterocycles. The number of nitrogens with one attached hydrogen (secondary N) is 1. The predicted octanol–water partition coefficient (Wildman–Crippen LogP) is 4.65. The Morgan fingerprint density at radius 1 is 1.29 bits per heavy atom. The van der Waals surface area contributed by atoms with Crippen LogP contribution >= 0.6 is 27.5 Å². The maximum Gasteiger partial charge on any atom is 0.333 e. The van der Waals surface area contributed by atoms with Crippen molar-refractivity contribution < 1.29 is 14.3 Å². The maximum atomic E-state index is 14.1. The van der Waals surface area contributed by atoms with E-state index >= 15 is 0 Å². The van der Waals surface area contributed by atoms with Crippen molar-refractivity contribution in [1.29, 1.82) is 0 Å². The van der Waals surface area contributed by atoms with E-state index in [9.17, 15) is 14.3 Å². The highest BCUT2D eigenvalue weighted by Crippen LogP contribution is 2.30. The lowest BCUT2D eigenvalue weighted by atomic mass is 9.91. The number of anilines is 1. The second-order valence-corrected chi connectivity index (χ2v) is 6.04. The van der Waals surface area contributed by atoms with Gasteiger partial charge in [-0.05, 0) is 43.3 Å². The molecule has 2 rings (SSSR count). The molecule has 0 spiro atoms. The zero-order valence-corrected chi connectivity index (χ0v) is 13.4. The van der Waals surface area contributed by atoms with Gasteiger partial charge in [0.25, 0.3) is 0 Å². The molecule has 0 saturated heterocycles. The van der Waals surface area contributed by atoms with Gasteiger partial charge in [-0.1, -0.05) is 33.6 Å². The Labute approximate surface area is 134 Å². The van der Waals surface area contributed by atoms with Crippen molar-refractivity contribution in [3.63, 3.8) is 0 Å². The molecule has 3 nitrogen and oxygen atoms in total. The zero-order chi connectivity index (χ0) is 15.6. The number of aliphatic carboxylic acids is 1. The lowest BCUT2D eigenvalue weighted by molar-refractivity contribution is -0.142. The molecule has 0 aliphatic heterocycles. The van der Waals surface area contributed by atoms with Gasteiger partial charge in [0.1, 0.15) is 5.82 Å². The molecule has 2 aromatic carbocycles. The van der Waals surface area contributed by atoms with Crippen molar-refractivity contribution in [1.82, 2.24) is 0 Å². The van der Waals surface area contributed by atoms with Crippen LogP contribution in [0.1, 0.15) is 12.5 Å². The largest absolute Gasteiger partial charge is 0.479 e. The molecule has 6 heteroatoms. The topological polar surface area (TPSA) is 49.3 Å². The normalized spacial score (nSPS) is 13.5. The average molecular weight is 373 g/mol. The van der Waals surface area contributed by atoms with E-state index in [0.717, 1.165) is 0 Å². The molecule has 0 aromatic heterocycles. The van der Waals surface area contributed by atoms with Gasteiger partial charge in [0, 0.05) is 20.7 Å². The molecule has 0 aliphatic carbocycles. The first-order valence-electron chi connectivity index (χ1n) is 6.05. The average Bonchev–Trinajstić information content (AvgIpc) is 2.41. The number of rotatable bonds is 4. The van der Waals surface area contributed by atoms with Gasteiger partial charge in [-0.2, -0.15) is 0 Å². The van der Waals surface area contributed by atoms with Crippen LogP contribution in [0.5, 0.6) is 0 Å². The van der Waals surface area contributed by atoms with Crippen LogP contribution in [0.2, 0.25) is 5.02 Å². The molecular formula is C15H12BrClFNO2.